The van der Waals surface area contributed by atoms with Crippen LogP contribution < -0.4 is 5.32 Å². The molecule has 0 bridgehead atoms. The molecule has 0 radical (unpaired) electrons. The third-order valence-electron chi connectivity index (χ3n) is 4.13. The number of benzene rings is 2. The number of thioether (sulfide) groups is 1. The lowest BCUT2D eigenvalue weighted by Gasteiger charge is -2.12. The minimum atomic E-state index is -0.0989. The summed E-state index contributed by atoms with van der Waals surface area (Å²) in [6, 6.07) is 18.2. The van der Waals surface area contributed by atoms with E-state index < -0.39 is 0 Å². The highest BCUT2D eigenvalue weighted by Crippen LogP contribution is 2.22. The number of imidazole rings is 1. The van der Waals surface area contributed by atoms with Crippen molar-refractivity contribution < 1.29 is 4.79 Å². The van der Waals surface area contributed by atoms with Crippen molar-refractivity contribution in [2.24, 2.45) is 0 Å². The van der Waals surface area contributed by atoms with Gasteiger partial charge >= 0.3 is 0 Å². The van der Waals surface area contributed by atoms with Crippen molar-refractivity contribution in [1.29, 1.82) is 0 Å². The normalized spacial score (nSPS) is 12.2. The van der Waals surface area contributed by atoms with Gasteiger partial charge in [0.25, 0.3) is 0 Å². The number of amides is 1. The number of nitrogens with one attached hydrogen (secondary N) is 1. The van der Waals surface area contributed by atoms with E-state index in [0.717, 1.165) is 34.7 Å². The van der Waals surface area contributed by atoms with Crippen LogP contribution in [-0.4, -0.2) is 27.3 Å². The monoisotopic (exact) mass is 353 g/mol. The molecule has 3 aromatic rings. The number of fused-ring (bicyclic) bond motifs is 1. The Balaban J connectivity index is 1.47. The molecule has 1 unspecified atom stereocenters. The molecule has 1 aromatic heterocycles. The Labute approximate surface area is 152 Å². The summed E-state index contributed by atoms with van der Waals surface area (Å²) in [6.07, 6.45) is 0.885. The maximum atomic E-state index is 12.2. The molecule has 0 spiro atoms. The minimum Gasteiger partial charge on any atom is -0.355 e. The standard InChI is InChI=1S/C20H23N3OS/c1-15(25-17-9-4-3-5-10-17)20(24)21-13-8-14-23-16(2)22-18-11-6-7-12-19(18)23/h3-7,9-12,15H,8,13-14H2,1-2H3,(H,21,24). The molecule has 5 heteroatoms. The topological polar surface area (TPSA) is 46.9 Å². The van der Waals surface area contributed by atoms with Crippen LogP contribution in [0.1, 0.15) is 19.2 Å². The smallest absolute Gasteiger partial charge is 0.233 e. The maximum Gasteiger partial charge on any atom is 0.233 e. The zero-order chi connectivity index (χ0) is 17.6. The molecule has 1 atom stereocenters. The summed E-state index contributed by atoms with van der Waals surface area (Å²) >= 11 is 1.58. The van der Waals surface area contributed by atoms with Crippen molar-refractivity contribution in [3.63, 3.8) is 0 Å². The third kappa shape index (κ3) is 4.42. The Bertz CT molecular complexity index is 845. The van der Waals surface area contributed by atoms with Gasteiger partial charge in [-0.25, -0.2) is 4.98 Å². The molecule has 0 aliphatic rings. The zero-order valence-electron chi connectivity index (χ0n) is 14.6. The summed E-state index contributed by atoms with van der Waals surface area (Å²) in [4.78, 5) is 17.9. The lowest BCUT2D eigenvalue weighted by molar-refractivity contribution is -0.120. The summed E-state index contributed by atoms with van der Waals surface area (Å²) in [5.74, 6) is 1.10. The number of para-hydroxylation sites is 2. The average molecular weight is 353 g/mol. The van der Waals surface area contributed by atoms with Crippen LogP contribution >= 0.6 is 11.8 Å². The molecular weight excluding hydrogens is 330 g/mol. The van der Waals surface area contributed by atoms with Crippen LogP contribution in [0.4, 0.5) is 0 Å². The predicted molar refractivity (Wildman–Crippen MR) is 104 cm³/mol. The van der Waals surface area contributed by atoms with E-state index in [9.17, 15) is 4.79 Å². The first-order chi connectivity index (χ1) is 12.1. The van der Waals surface area contributed by atoms with Crippen molar-refractivity contribution >= 4 is 28.7 Å². The Morgan fingerprint density at radius 2 is 1.88 bits per heavy atom. The molecule has 130 valence electrons. The second-order valence-corrected chi connectivity index (χ2v) is 7.43. The number of carbonyl (C=O) groups excluding carboxylic acids is 1. The Kier molecular flexibility index (Phi) is 5.76. The molecule has 3 rings (SSSR count). The number of hydrogen-bond acceptors (Lipinski definition) is 3. The van der Waals surface area contributed by atoms with Crippen LogP contribution in [0.2, 0.25) is 0 Å². The number of hydrogen-bond donors (Lipinski definition) is 1. The van der Waals surface area contributed by atoms with E-state index in [1.54, 1.807) is 11.8 Å². The molecule has 25 heavy (non-hydrogen) atoms. The molecule has 1 amide bonds. The summed E-state index contributed by atoms with van der Waals surface area (Å²) in [5, 5.41) is 2.94. The molecule has 0 fully saturated rings. The quantitative estimate of drug-likeness (QED) is 0.515. The second-order valence-electron chi connectivity index (χ2n) is 6.02. The highest BCUT2D eigenvalue weighted by Gasteiger charge is 2.13. The first-order valence-corrected chi connectivity index (χ1v) is 9.44. The molecular formula is C20H23N3OS. The molecule has 1 heterocycles. The fourth-order valence-corrected chi connectivity index (χ4v) is 3.74. The van der Waals surface area contributed by atoms with E-state index in [0.29, 0.717) is 6.54 Å². The fourth-order valence-electron chi connectivity index (χ4n) is 2.83. The van der Waals surface area contributed by atoms with Crippen molar-refractivity contribution in [2.45, 2.75) is 37.0 Å². The van der Waals surface area contributed by atoms with Gasteiger partial charge in [-0.1, -0.05) is 30.3 Å². The largest absolute Gasteiger partial charge is 0.355 e. The Morgan fingerprint density at radius 3 is 2.68 bits per heavy atom. The molecule has 0 aliphatic heterocycles. The lowest BCUT2D eigenvalue weighted by Crippen LogP contribution is -2.32. The van der Waals surface area contributed by atoms with Crippen molar-refractivity contribution in [3.05, 3.63) is 60.4 Å². The van der Waals surface area contributed by atoms with E-state index >= 15 is 0 Å². The summed E-state index contributed by atoms with van der Waals surface area (Å²) in [6.45, 7) is 5.50. The van der Waals surface area contributed by atoms with Crippen LogP contribution in [0.25, 0.3) is 11.0 Å². The second kappa shape index (κ2) is 8.21. The van der Waals surface area contributed by atoms with Gasteiger partial charge < -0.3 is 9.88 Å². The molecule has 0 saturated carbocycles. The first-order valence-electron chi connectivity index (χ1n) is 8.56. The van der Waals surface area contributed by atoms with Crippen LogP contribution in [0.5, 0.6) is 0 Å². The maximum absolute atomic E-state index is 12.2. The highest BCUT2D eigenvalue weighted by atomic mass is 32.2. The van der Waals surface area contributed by atoms with Crippen molar-refractivity contribution in [2.75, 3.05) is 6.54 Å². The number of aromatic nitrogens is 2. The molecule has 0 aliphatic carbocycles. The molecule has 4 nitrogen and oxygen atoms in total. The van der Waals surface area contributed by atoms with Crippen LogP contribution in [0.15, 0.2) is 59.5 Å². The highest BCUT2D eigenvalue weighted by molar-refractivity contribution is 8.00. The Morgan fingerprint density at radius 1 is 1.16 bits per heavy atom. The van der Waals surface area contributed by atoms with E-state index in [1.807, 2.05) is 62.4 Å². The van der Waals surface area contributed by atoms with E-state index in [1.165, 1.54) is 0 Å². The number of aryl methyl sites for hydroxylation is 2. The predicted octanol–water partition coefficient (Wildman–Crippen LogP) is 4.03. The lowest BCUT2D eigenvalue weighted by atomic mass is 10.3. The van der Waals surface area contributed by atoms with Gasteiger partial charge in [0.15, 0.2) is 0 Å². The van der Waals surface area contributed by atoms with Gasteiger partial charge in [0.1, 0.15) is 5.82 Å². The average Bonchev–Trinajstić information content (AvgIpc) is 2.94. The summed E-state index contributed by atoms with van der Waals surface area (Å²) < 4.78 is 2.21. The number of rotatable bonds is 7. The van der Waals surface area contributed by atoms with Crippen molar-refractivity contribution in [1.82, 2.24) is 14.9 Å². The fraction of sp³-hybridized carbons (Fsp3) is 0.300. The zero-order valence-corrected chi connectivity index (χ0v) is 15.4. The first kappa shape index (κ1) is 17.5. The summed E-state index contributed by atoms with van der Waals surface area (Å²) in [5.41, 5.74) is 2.18. The SMILES string of the molecule is Cc1nc2ccccc2n1CCCNC(=O)C(C)Sc1ccccc1. The van der Waals surface area contributed by atoms with E-state index in [-0.39, 0.29) is 11.2 Å². The van der Waals surface area contributed by atoms with Gasteiger partial charge in [0, 0.05) is 18.0 Å². The molecule has 0 saturated heterocycles. The number of nitrogens with zero attached hydrogens (tertiary/aromatic N) is 2. The Hall–Kier alpha value is -2.27. The van der Waals surface area contributed by atoms with Gasteiger partial charge in [-0.15, -0.1) is 11.8 Å². The van der Waals surface area contributed by atoms with Gasteiger partial charge in [-0.05, 0) is 44.5 Å². The minimum absolute atomic E-state index is 0.0843. The van der Waals surface area contributed by atoms with Crippen LogP contribution in [-0.2, 0) is 11.3 Å². The van der Waals surface area contributed by atoms with Gasteiger partial charge in [-0.2, -0.15) is 0 Å². The van der Waals surface area contributed by atoms with E-state index in [4.69, 9.17) is 0 Å². The number of carbonyl (C=O) groups is 1. The summed E-state index contributed by atoms with van der Waals surface area (Å²) in [7, 11) is 0. The van der Waals surface area contributed by atoms with Gasteiger partial charge in [0.2, 0.25) is 5.91 Å². The molecule has 1 N–H and O–H groups in total. The van der Waals surface area contributed by atoms with Crippen molar-refractivity contribution in [3.8, 4) is 0 Å². The van der Waals surface area contributed by atoms with Crippen LogP contribution in [0.3, 0.4) is 0 Å². The van der Waals surface area contributed by atoms with Crippen LogP contribution in [0, 0.1) is 6.92 Å². The molecule has 2 aromatic carbocycles. The van der Waals surface area contributed by atoms with Gasteiger partial charge in [0.05, 0.1) is 16.3 Å². The van der Waals surface area contributed by atoms with Gasteiger partial charge in [-0.3, -0.25) is 4.79 Å². The van der Waals surface area contributed by atoms with E-state index in [2.05, 4.69) is 20.9 Å². The third-order valence-corrected chi connectivity index (χ3v) is 5.24.